The highest BCUT2D eigenvalue weighted by molar-refractivity contribution is 5.74. The summed E-state index contributed by atoms with van der Waals surface area (Å²) >= 11 is 0. The van der Waals surface area contributed by atoms with E-state index in [1.165, 1.54) is 0 Å². The van der Waals surface area contributed by atoms with E-state index in [1.54, 1.807) is 0 Å². The number of aliphatic hydroxyl groups excluding tert-OH is 1. The van der Waals surface area contributed by atoms with Crippen LogP contribution in [0.4, 0.5) is 4.79 Å². The van der Waals surface area contributed by atoms with E-state index in [2.05, 4.69) is 17.1 Å². The van der Waals surface area contributed by atoms with Gasteiger partial charge in [-0.05, 0) is 26.2 Å². The van der Waals surface area contributed by atoms with E-state index >= 15 is 0 Å². The van der Waals surface area contributed by atoms with Crippen LogP contribution in [-0.2, 0) is 4.74 Å². The van der Waals surface area contributed by atoms with Gasteiger partial charge < -0.3 is 20.1 Å². The monoisotopic (exact) mass is 299 g/mol. The van der Waals surface area contributed by atoms with Crippen LogP contribution in [0.15, 0.2) is 0 Å². The highest BCUT2D eigenvalue weighted by atomic mass is 16.5. The second-order valence-electron chi connectivity index (χ2n) is 6.17. The number of carbonyl (C=O) groups excluding carboxylic acids is 1. The van der Waals surface area contributed by atoms with Crippen molar-refractivity contribution in [2.45, 2.75) is 51.4 Å². The molecular formula is C15H29N3O3. The van der Waals surface area contributed by atoms with Gasteiger partial charge >= 0.3 is 6.03 Å². The molecule has 2 fully saturated rings. The molecule has 0 radical (unpaired) electrons. The summed E-state index contributed by atoms with van der Waals surface area (Å²) in [6, 6.07) is 0.350. The lowest BCUT2D eigenvalue weighted by Crippen LogP contribution is -2.58. The SMILES string of the molecule is CC[C@@H]1CN(C(=O)NC[C@@H]2CCCO2)CCN1C[C@H](C)O. The summed E-state index contributed by atoms with van der Waals surface area (Å²) in [5.74, 6) is 0. The predicted molar refractivity (Wildman–Crippen MR) is 81.3 cm³/mol. The van der Waals surface area contributed by atoms with E-state index in [-0.39, 0.29) is 18.2 Å². The van der Waals surface area contributed by atoms with E-state index in [9.17, 15) is 9.90 Å². The Hall–Kier alpha value is -0.850. The van der Waals surface area contributed by atoms with Crippen LogP contribution in [0.1, 0.15) is 33.1 Å². The van der Waals surface area contributed by atoms with Crippen molar-refractivity contribution in [2.24, 2.45) is 0 Å². The zero-order valence-electron chi connectivity index (χ0n) is 13.3. The third-order valence-corrected chi connectivity index (χ3v) is 4.37. The van der Waals surface area contributed by atoms with Gasteiger partial charge in [0, 0.05) is 45.4 Å². The number of carbonyl (C=O) groups is 1. The van der Waals surface area contributed by atoms with E-state index < -0.39 is 0 Å². The highest BCUT2D eigenvalue weighted by Crippen LogP contribution is 2.14. The van der Waals surface area contributed by atoms with Crippen LogP contribution in [0.2, 0.25) is 0 Å². The standard InChI is InChI=1S/C15H29N3O3/c1-3-13-11-18(7-6-17(13)10-12(2)19)15(20)16-9-14-5-4-8-21-14/h12-14,19H,3-11H2,1-2H3,(H,16,20)/t12-,13+,14-/m0/s1. The molecule has 0 unspecified atom stereocenters. The van der Waals surface area contributed by atoms with Crippen LogP contribution in [0.5, 0.6) is 0 Å². The Morgan fingerprint density at radius 1 is 1.48 bits per heavy atom. The number of piperazine rings is 1. The number of hydrogen-bond donors (Lipinski definition) is 2. The van der Waals surface area contributed by atoms with Gasteiger partial charge in [0.2, 0.25) is 0 Å². The second-order valence-corrected chi connectivity index (χ2v) is 6.17. The molecule has 0 aliphatic carbocycles. The molecule has 21 heavy (non-hydrogen) atoms. The van der Waals surface area contributed by atoms with Crippen LogP contribution in [0.3, 0.4) is 0 Å². The lowest BCUT2D eigenvalue weighted by atomic mass is 10.1. The molecule has 3 atom stereocenters. The lowest BCUT2D eigenvalue weighted by Gasteiger charge is -2.41. The highest BCUT2D eigenvalue weighted by Gasteiger charge is 2.29. The first-order valence-corrected chi connectivity index (χ1v) is 8.16. The topological polar surface area (TPSA) is 65.0 Å². The van der Waals surface area contributed by atoms with Gasteiger partial charge in [0.25, 0.3) is 0 Å². The fraction of sp³-hybridized carbons (Fsp3) is 0.933. The molecule has 0 bridgehead atoms. The molecule has 2 aliphatic heterocycles. The van der Waals surface area contributed by atoms with Gasteiger partial charge in [-0.2, -0.15) is 0 Å². The van der Waals surface area contributed by atoms with Gasteiger partial charge in [0.15, 0.2) is 0 Å². The zero-order valence-corrected chi connectivity index (χ0v) is 13.3. The van der Waals surface area contributed by atoms with Gasteiger partial charge in [0.1, 0.15) is 0 Å². The number of β-amino-alcohol motifs (C(OH)–C–C–N with tert-alkyl or cyclic N) is 1. The molecule has 2 rings (SSSR count). The molecule has 2 aliphatic rings. The first-order chi connectivity index (χ1) is 10.1. The van der Waals surface area contributed by atoms with Crippen LogP contribution in [0, 0.1) is 0 Å². The first-order valence-electron chi connectivity index (χ1n) is 8.16. The van der Waals surface area contributed by atoms with E-state index in [0.717, 1.165) is 45.5 Å². The summed E-state index contributed by atoms with van der Waals surface area (Å²) in [6.07, 6.45) is 2.99. The van der Waals surface area contributed by atoms with Crippen molar-refractivity contribution in [3.05, 3.63) is 0 Å². The van der Waals surface area contributed by atoms with Gasteiger partial charge in [-0.1, -0.05) is 6.92 Å². The second kappa shape index (κ2) is 7.96. The minimum atomic E-state index is -0.320. The maximum atomic E-state index is 12.2. The molecule has 0 spiro atoms. The van der Waals surface area contributed by atoms with Gasteiger partial charge in [-0.15, -0.1) is 0 Å². The quantitative estimate of drug-likeness (QED) is 0.782. The number of hydrogen-bond acceptors (Lipinski definition) is 4. The molecule has 6 nitrogen and oxygen atoms in total. The lowest BCUT2D eigenvalue weighted by molar-refractivity contribution is 0.0471. The number of ether oxygens (including phenoxy) is 1. The first kappa shape index (κ1) is 16.5. The number of amides is 2. The number of rotatable bonds is 5. The third-order valence-electron chi connectivity index (χ3n) is 4.37. The molecule has 0 aromatic rings. The normalized spacial score (nSPS) is 28.6. The van der Waals surface area contributed by atoms with Crippen molar-refractivity contribution >= 4 is 6.03 Å². The zero-order chi connectivity index (χ0) is 15.2. The van der Waals surface area contributed by atoms with Crippen molar-refractivity contribution in [3.8, 4) is 0 Å². The Balaban J connectivity index is 1.77. The van der Waals surface area contributed by atoms with Crippen LogP contribution < -0.4 is 5.32 Å². The predicted octanol–water partition coefficient (Wildman–Crippen LogP) is 0.652. The fourth-order valence-electron chi connectivity index (χ4n) is 3.16. The van der Waals surface area contributed by atoms with Crippen molar-refractivity contribution in [3.63, 3.8) is 0 Å². The van der Waals surface area contributed by atoms with E-state index in [0.29, 0.717) is 19.1 Å². The van der Waals surface area contributed by atoms with Crippen molar-refractivity contribution in [1.82, 2.24) is 15.1 Å². The van der Waals surface area contributed by atoms with Crippen LogP contribution in [0.25, 0.3) is 0 Å². The maximum Gasteiger partial charge on any atom is 0.317 e. The van der Waals surface area contributed by atoms with Crippen molar-refractivity contribution in [1.29, 1.82) is 0 Å². The van der Waals surface area contributed by atoms with E-state index in [1.807, 2.05) is 11.8 Å². The molecule has 2 saturated heterocycles. The minimum absolute atomic E-state index is 0.0145. The Labute approximate surface area is 127 Å². The third kappa shape index (κ3) is 4.83. The smallest absolute Gasteiger partial charge is 0.317 e. The molecule has 0 aromatic heterocycles. The van der Waals surface area contributed by atoms with Gasteiger partial charge in [-0.25, -0.2) is 4.79 Å². The number of aliphatic hydroxyl groups is 1. The van der Waals surface area contributed by atoms with E-state index in [4.69, 9.17) is 4.74 Å². The Morgan fingerprint density at radius 3 is 2.90 bits per heavy atom. The molecule has 0 saturated carbocycles. The summed E-state index contributed by atoms with van der Waals surface area (Å²) in [5.41, 5.74) is 0. The number of nitrogens with one attached hydrogen (secondary N) is 1. The molecule has 6 heteroatoms. The Morgan fingerprint density at radius 2 is 2.29 bits per heavy atom. The Bertz CT molecular complexity index is 332. The van der Waals surface area contributed by atoms with Crippen LogP contribution >= 0.6 is 0 Å². The molecule has 0 aromatic carbocycles. The summed E-state index contributed by atoms with van der Waals surface area (Å²) in [4.78, 5) is 16.4. The summed E-state index contributed by atoms with van der Waals surface area (Å²) < 4.78 is 5.52. The largest absolute Gasteiger partial charge is 0.392 e. The molecule has 2 heterocycles. The summed E-state index contributed by atoms with van der Waals surface area (Å²) in [5, 5.41) is 12.5. The van der Waals surface area contributed by atoms with Crippen LogP contribution in [-0.4, -0.2) is 78.5 Å². The van der Waals surface area contributed by atoms with Crippen molar-refractivity contribution in [2.75, 3.05) is 39.3 Å². The van der Waals surface area contributed by atoms with Gasteiger partial charge in [0.05, 0.1) is 12.2 Å². The molecular weight excluding hydrogens is 270 g/mol. The van der Waals surface area contributed by atoms with Gasteiger partial charge in [-0.3, -0.25) is 4.90 Å². The maximum absolute atomic E-state index is 12.2. The molecule has 122 valence electrons. The molecule has 2 N–H and O–H groups in total. The average molecular weight is 299 g/mol. The fourth-order valence-corrected chi connectivity index (χ4v) is 3.16. The Kier molecular flexibility index (Phi) is 6.26. The minimum Gasteiger partial charge on any atom is -0.392 e. The summed E-state index contributed by atoms with van der Waals surface area (Å²) in [7, 11) is 0. The number of urea groups is 1. The summed E-state index contributed by atoms with van der Waals surface area (Å²) in [6.45, 7) is 8.35. The average Bonchev–Trinajstić information content (AvgIpc) is 2.98. The molecule has 2 amide bonds. The number of nitrogens with zero attached hydrogens (tertiary/aromatic N) is 2. The van der Waals surface area contributed by atoms with Crippen molar-refractivity contribution < 1.29 is 14.6 Å².